The molecule has 0 saturated carbocycles. The molecule has 1 aromatic rings. The molecule has 0 aliphatic heterocycles. The van der Waals surface area contributed by atoms with Crippen molar-refractivity contribution in [3.8, 4) is 5.75 Å². The average molecular weight is 251 g/mol. The van der Waals surface area contributed by atoms with E-state index in [2.05, 4.69) is 7.05 Å². The Morgan fingerprint density at radius 2 is 2.11 bits per heavy atom. The summed E-state index contributed by atoms with van der Waals surface area (Å²) in [6.45, 7) is 4.27. The van der Waals surface area contributed by atoms with Crippen molar-refractivity contribution in [1.82, 2.24) is 0 Å². The molecular formula is C14H21NO3. The molecule has 4 heteroatoms. The second-order valence-electron chi connectivity index (χ2n) is 4.40. The van der Waals surface area contributed by atoms with Crippen molar-refractivity contribution < 1.29 is 19.5 Å². The van der Waals surface area contributed by atoms with Crippen LogP contribution in [0.2, 0.25) is 0 Å². The van der Waals surface area contributed by atoms with Gasteiger partial charge in [0.05, 0.1) is 20.2 Å². The highest BCUT2D eigenvalue weighted by molar-refractivity contribution is 5.64. The maximum Gasteiger partial charge on any atom is 0.128 e. The second-order valence-corrected chi connectivity index (χ2v) is 4.40. The van der Waals surface area contributed by atoms with E-state index in [1.165, 1.54) is 4.90 Å². The third-order valence-corrected chi connectivity index (χ3v) is 2.75. The molecule has 0 radical (unpaired) electrons. The number of hydrogen-bond acceptors (Lipinski definition) is 3. The molecule has 0 bridgehead atoms. The minimum Gasteiger partial charge on any atom is -0.550 e. The van der Waals surface area contributed by atoms with Crippen LogP contribution in [-0.4, -0.2) is 26.2 Å². The number of carbonyl (C=O) groups excluding carboxylic acids is 1. The highest BCUT2D eigenvalue weighted by Crippen LogP contribution is 2.16. The van der Waals surface area contributed by atoms with Crippen LogP contribution in [0.15, 0.2) is 24.3 Å². The molecule has 18 heavy (non-hydrogen) atoms. The van der Waals surface area contributed by atoms with E-state index >= 15 is 0 Å². The smallest absolute Gasteiger partial charge is 0.128 e. The fourth-order valence-corrected chi connectivity index (χ4v) is 1.89. The molecule has 4 nitrogen and oxygen atoms in total. The number of para-hydroxylation sites is 1. The molecule has 1 aromatic carbocycles. The van der Waals surface area contributed by atoms with Crippen LogP contribution in [0.4, 0.5) is 0 Å². The third kappa shape index (κ3) is 5.19. The van der Waals surface area contributed by atoms with Gasteiger partial charge in [-0.15, -0.1) is 0 Å². The summed E-state index contributed by atoms with van der Waals surface area (Å²) in [5.74, 6) is -0.0585. The van der Waals surface area contributed by atoms with Crippen molar-refractivity contribution in [2.75, 3.05) is 20.2 Å². The predicted octanol–water partition coefficient (Wildman–Crippen LogP) is -0.370. The molecule has 1 N–H and O–H groups in total. The number of carboxylic acids is 1. The van der Waals surface area contributed by atoms with E-state index in [0.717, 1.165) is 24.4 Å². The number of carbonyl (C=O) groups is 1. The first-order valence-corrected chi connectivity index (χ1v) is 6.35. The predicted molar refractivity (Wildman–Crippen MR) is 67.3 cm³/mol. The Kier molecular flexibility index (Phi) is 6.22. The molecule has 0 saturated heterocycles. The molecule has 0 amide bonds. The number of carboxylic acid groups (broad SMARTS) is 1. The number of quaternary nitrogens is 1. The van der Waals surface area contributed by atoms with Crippen molar-refractivity contribution in [2.24, 2.45) is 0 Å². The highest BCUT2D eigenvalue weighted by atomic mass is 16.5. The van der Waals surface area contributed by atoms with E-state index < -0.39 is 5.97 Å². The SMILES string of the molecule is CCOc1ccccc1C[NH+](C)CCCC(=O)[O-]. The van der Waals surface area contributed by atoms with Gasteiger partial charge < -0.3 is 19.5 Å². The van der Waals surface area contributed by atoms with Gasteiger partial charge in [-0.3, -0.25) is 0 Å². The number of nitrogens with one attached hydrogen (secondary N) is 1. The van der Waals surface area contributed by atoms with Gasteiger partial charge in [0.1, 0.15) is 12.3 Å². The van der Waals surface area contributed by atoms with Gasteiger partial charge in [-0.2, -0.15) is 0 Å². The molecular weight excluding hydrogens is 230 g/mol. The molecule has 1 atom stereocenters. The van der Waals surface area contributed by atoms with E-state index in [9.17, 15) is 9.90 Å². The fraction of sp³-hybridized carbons (Fsp3) is 0.500. The molecule has 0 aliphatic rings. The molecule has 100 valence electrons. The number of benzene rings is 1. The Bertz CT molecular complexity index is 379. The number of aliphatic carboxylic acids is 1. The van der Waals surface area contributed by atoms with Crippen LogP contribution in [0.25, 0.3) is 0 Å². The lowest BCUT2D eigenvalue weighted by Crippen LogP contribution is -3.07. The van der Waals surface area contributed by atoms with Gasteiger partial charge >= 0.3 is 0 Å². The fourth-order valence-electron chi connectivity index (χ4n) is 1.89. The lowest BCUT2D eigenvalue weighted by Gasteiger charge is -2.16. The van der Waals surface area contributed by atoms with Crippen LogP contribution in [0.5, 0.6) is 5.75 Å². The van der Waals surface area contributed by atoms with Crippen LogP contribution < -0.4 is 14.7 Å². The third-order valence-electron chi connectivity index (χ3n) is 2.75. The molecule has 0 fully saturated rings. The van der Waals surface area contributed by atoms with E-state index in [0.29, 0.717) is 13.0 Å². The maximum atomic E-state index is 10.3. The Hall–Kier alpha value is -1.55. The number of ether oxygens (including phenoxy) is 1. The van der Waals surface area contributed by atoms with Gasteiger partial charge in [0.2, 0.25) is 0 Å². The van der Waals surface area contributed by atoms with Crippen LogP contribution in [0.3, 0.4) is 0 Å². The summed E-state index contributed by atoms with van der Waals surface area (Å²) in [5.41, 5.74) is 1.16. The zero-order chi connectivity index (χ0) is 13.4. The van der Waals surface area contributed by atoms with Crippen molar-refractivity contribution >= 4 is 5.97 Å². The molecule has 1 rings (SSSR count). The molecule has 0 aromatic heterocycles. The minimum atomic E-state index is -0.975. The van der Waals surface area contributed by atoms with Gasteiger partial charge in [0.15, 0.2) is 0 Å². The Labute approximate surface area is 108 Å². The van der Waals surface area contributed by atoms with Crippen molar-refractivity contribution in [3.05, 3.63) is 29.8 Å². The van der Waals surface area contributed by atoms with Crippen LogP contribution in [-0.2, 0) is 11.3 Å². The molecule has 0 aliphatic carbocycles. The monoisotopic (exact) mass is 251 g/mol. The summed E-state index contributed by atoms with van der Waals surface area (Å²) in [4.78, 5) is 11.6. The van der Waals surface area contributed by atoms with E-state index in [1.807, 2.05) is 31.2 Å². The Morgan fingerprint density at radius 1 is 1.39 bits per heavy atom. The summed E-state index contributed by atoms with van der Waals surface area (Å²) in [6, 6.07) is 7.97. The van der Waals surface area contributed by atoms with Gasteiger partial charge in [-0.25, -0.2) is 0 Å². The van der Waals surface area contributed by atoms with E-state index in [-0.39, 0.29) is 6.42 Å². The lowest BCUT2D eigenvalue weighted by atomic mass is 10.2. The quantitative estimate of drug-likeness (QED) is 0.686. The summed E-state index contributed by atoms with van der Waals surface area (Å²) in [6.07, 6.45) is 0.773. The average Bonchev–Trinajstić information content (AvgIpc) is 2.31. The van der Waals surface area contributed by atoms with Gasteiger partial charge in [-0.1, -0.05) is 12.1 Å². The minimum absolute atomic E-state index is 0.129. The zero-order valence-corrected chi connectivity index (χ0v) is 11.1. The van der Waals surface area contributed by atoms with Crippen LogP contribution >= 0.6 is 0 Å². The molecule has 1 unspecified atom stereocenters. The van der Waals surface area contributed by atoms with E-state index in [1.54, 1.807) is 0 Å². The summed E-state index contributed by atoms with van der Waals surface area (Å²) in [5, 5.41) is 10.3. The Morgan fingerprint density at radius 3 is 2.78 bits per heavy atom. The Balaban J connectivity index is 2.47. The first kappa shape index (κ1) is 14.5. The van der Waals surface area contributed by atoms with Crippen LogP contribution in [0.1, 0.15) is 25.3 Å². The summed E-state index contributed by atoms with van der Waals surface area (Å²) in [7, 11) is 2.05. The van der Waals surface area contributed by atoms with Crippen molar-refractivity contribution in [3.63, 3.8) is 0 Å². The summed E-state index contributed by atoms with van der Waals surface area (Å²) < 4.78 is 5.56. The second kappa shape index (κ2) is 7.71. The lowest BCUT2D eigenvalue weighted by molar-refractivity contribution is -0.893. The molecule has 0 spiro atoms. The van der Waals surface area contributed by atoms with E-state index in [4.69, 9.17) is 4.74 Å². The zero-order valence-electron chi connectivity index (χ0n) is 11.1. The number of hydrogen-bond donors (Lipinski definition) is 1. The van der Waals surface area contributed by atoms with Gasteiger partial charge in [0.25, 0.3) is 0 Å². The first-order valence-electron chi connectivity index (χ1n) is 6.35. The van der Waals surface area contributed by atoms with Crippen molar-refractivity contribution in [2.45, 2.75) is 26.3 Å². The van der Waals surface area contributed by atoms with Gasteiger partial charge in [-0.05, 0) is 25.5 Å². The largest absolute Gasteiger partial charge is 0.550 e. The van der Waals surface area contributed by atoms with Crippen molar-refractivity contribution in [1.29, 1.82) is 0 Å². The standard InChI is InChI=1S/C14H21NO3/c1-3-18-13-8-5-4-7-12(13)11-15(2)10-6-9-14(16)17/h4-5,7-8H,3,6,9-11H2,1-2H3,(H,16,17). The molecule has 0 heterocycles. The first-order chi connectivity index (χ1) is 8.63. The highest BCUT2D eigenvalue weighted by Gasteiger charge is 2.08. The number of rotatable bonds is 8. The summed E-state index contributed by atoms with van der Waals surface area (Å²) >= 11 is 0. The van der Waals surface area contributed by atoms with Gasteiger partial charge in [0, 0.05) is 18.0 Å². The topological polar surface area (TPSA) is 53.8 Å². The normalized spacial score (nSPS) is 12.1. The maximum absolute atomic E-state index is 10.3. The van der Waals surface area contributed by atoms with Crippen LogP contribution in [0, 0.1) is 0 Å².